The van der Waals surface area contributed by atoms with Crippen molar-refractivity contribution in [1.82, 2.24) is 0 Å². The largest absolute Gasteiger partial charge is 0.383 e. The van der Waals surface area contributed by atoms with Crippen molar-refractivity contribution in [3.05, 3.63) is 40.8 Å². The van der Waals surface area contributed by atoms with Gasteiger partial charge in [0.25, 0.3) is 5.91 Å². The second-order valence-electron chi connectivity index (χ2n) is 4.38. The lowest BCUT2D eigenvalue weighted by Crippen LogP contribution is -2.30. The van der Waals surface area contributed by atoms with Crippen molar-refractivity contribution in [3.63, 3.8) is 0 Å². The van der Waals surface area contributed by atoms with E-state index in [1.165, 1.54) is 0 Å². The molecular formula is C14H12N2O3. The Morgan fingerprint density at radius 3 is 2.84 bits per heavy atom. The molecule has 0 fully saturated rings. The van der Waals surface area contributed by atoms with Crippen LogP contribution < -0.4 is 4.90 Å². The van der Waals surface area contributed by atoms with Crippen LogP contribution in [0.1, 0.15) is 10.4 Å². The number of anilines is 1. The van der Waals surface area contributed by atoms with Gasteiger partial charge >= 0.3 is 0 Å². The van der Waals surface area contributed by atoms with Crippen LogP contribution in [0.15, 0.2) is 35.5 Å². The minimum atomic E-state index is -0.182. The lowest BCUT2D eigenvalue weighted by Gasteiger charge is -2.16. The molecule has 5 heteroatoms. The number of benzene rings is 2. The molecule has 2 aromatic carbocycles. The number of ether oxygens (including phenoxy) is 1. The number of amides is 1. The molecule has 5 nitrogen and oxygen atoms in total. The summed E-state index contributed by atoms with van der Waals surface area (Å²) in [6.45, 7) is 0.904. The number of hydrogen-bond donors (Lipinski definition) is 0. The van der Waals surface area contributed by atoms with E-state index in [1.807, 2.05) is 24.3 Å². The SMILES string of the molecule is COCCN1C(=O)c2c(N=O)ccc3cccc1c23. The van der Waals surface area contributed by atoms with Gasteiger partial charge in [0.15, 0.2) is 0 Å². The predicted molar refractivity (Wildman–Crippen MR) is 73.0 cm³/mol. The van der Waals surface area contributed by atoms with Crippen LogP contribution in [0, 0.1) is 4.91 Å². The molecule has 0 aromatic heterocycles. The van der Waals surface area contributed by atoms with Crippen molar-refractivity contribution in [1.29, 1.82) is 0 Å². The van der Waals surface area contributed by atoms with E-state index in [0.717, 1.165) is 16.5 Å². The average molecular weight is 256 g/mol. The molecule has 0 radical (unpaired) electrons. The van der Waals surface area contributed by atoms with E-state index >= 15 is 0 Å². The van der Waals surface area contributed by atoms with Gasteiger partial charge in [-0.25, -0.2) is 0 Å². The maximum absolute atomic E-state index is 12.4. The van der Waals surface area contributed by atoms with Gasteiger partial charge in [-0.1, -0.05) is 18.2 Å². The summed E-state index contributed by atoms with van der Waals surface area (Å²) in [7, 11) is 1.59. The highest BCUT2D eigenvalue weighted by Gasteiger charge is 2.32. The standard InChI is InChI=1S/C14H12N2O3/c1-19-8-7-16-11-4-2-3-9-5-6-10(15-18)13(12(9)11)14(16)17/h2-6H,7-8H2,1H3. The first-order chi connectivity index (χ1) is 9.27. The Hall–Kier alpha value is -2.27. The normalized spacial score (nSPS) is 13.3. The molecule has 2 aromatic rings. The number of methoxy groups -OCH3 is 1. The molecule has 0 saturated carbocycles. The first-order valence-electron chi connectivity index (χ1n) is 5.98. The van der Waals surface area contributed by atoms with Gasteiger partial charge < -0.3 is 9.64 Å². The molecule has 0 atom stereocenters. The zero-order valence-corrected chi connectivity index (χ0v) is 10.4. The highest BCUT2D eigenvalue weighted by molar-refractivity contribution is 6.27. The minimum absolute atomic E-state index is 0.182. The van der Waals surface area contributed by atoms with Gasteiger partial charge in [0.2, 0.25) is 0 Å². The van der Waals surface area contributed by atoms with E-state index in [9.17, 15) is 9.70 Å². The minimum Gasteiger partial charge on any atom is -0.383 e. The number of rotatable bonds is 4. The summed E-state index contributed by atoms with van der Waals surface area (Å²) < 4.78 is 5.02. The molecule has 19 heavy (non-hydrogen) atoms. The number of nitroso groups, excluding NO2 is 1. The van der Waals surface area contributed by atoms with Crippen LogP contribution in [0.4, 0.5) is 11.4 Å². The number of carbonyl (C=O) groups excluding carboxylic acids is 1. The van der Waals surface area contributed by atoms with Gasteiger partial charge in [0, 0.05) is 19.0 Å². The molecule has 0 aliphatic carbocycles. The van der Waals surface area contributed by atoms with Gasteiger partial charge in [-0.05, 0) is 22.7 Å². The van der Waals surface area contributed by atoms with Gasteiger partial charge in [-0.15, -0.1) is 4.91 Å². The lowest BCUT2D eigenvalue weighted by atomic mass is 10.0. The van der Waals surface area contributed by atoms with Crippen LogP contribution in [0.2, 0.25) is 0 Å². The van der Waals surface area contributed by atoms with Gasteiger partial charge in [0.05, 0.1) is 17.9 Å². The van der Waals surface area contributed by atoms with Crippen LogP contribution in [0.5, 0.6) is 0 Å². The molecule has 0 bridgehead atoms. The molecule has 1 amide bonds. The summed E-state index contributed by atoms with van der Waals surface area (Å²) in [6, 6.07) is 9.09. The van der Waals surface area contributed by atoms with Crippen molar-refractivity contribution in [2.45, 2.75) is 0 Å². The van der Waals surface area contributed by atoms with E-state index in [4.69, 9.17) is 4.74 Å². The van der Waals surface area contributed by atoms with E-state index in [2.05, 4.69) is 5.18 Å². The zero-order valence-electron chi connectivity index (χ0n) is 10.4. The molecule has 1 aliphatic heterocycles. The second kappa shape index (κ2) is 4.44. The maximum Gasteiger partial charge on any atom is 0.261 e. The summed E-state index contributed by atoms with van der Waals surface area (Å²) in [4.78, 5) is 24.9. The van der Waals surface area contributed by atoms with Crippen LogP contribution in [0.3, 0.4) is 0 Å². The van der Waals surface area contributed by atoms with Crippen molar-refractivity contribution in [2.75, 3.05) is 25.2 Å². The maximum atomic E-state index is 12.4. The van der Waals surface area contributed by atoms with E-state index in [1.54, 1.807) is 18.1 Å². The highest BCUT2D eigenvalue weighted by atomic mass is 16.5. The third-order valence-corrected chi connectivity index (χ3v) is 3.37. The molecule has 3 rings (SSSR count). The Balaban J connectivity index is 2.24. The Kier molecular flexibility index (Phi) is 2.76. The Morgan fingerprint density at radius 1 is 1.26 bits per heavy atom. The highest BCUT2D eigenvalue weighted by Crippen LogP contribution is 2.41. The summed E-state index contributed by atoms with van der Waals surface area (Å²) in [6.07, 6.45) is 0. The number of hydrogen-bond acceptors (Lipinski definition) is 4. The number of nitrogens with zero attached hydrogens (tertiary/aromatic N) is 2. The van der Waals surface area contributed by atoms with E-state index in [0.29, 0.717) is 18.7 Å². The van der Waals surface area contributed by atoms with Gasteiger partial charge in [-0.3, -0.25) is 4.79 Å². The molecule has 0 saturated heterocycles. The fourth-order valence-electron chi connectivity index (χ4n) is 2.52. The fraction of sp³-hybridized carbons (Fsp3) is 0.214. The summed E-state index contributed by atoms with van der Waals surface area (Å²) in [5.74, 6) is -0.182. The van der Waals surface area contributed by atoms with Gasteiger partial charge in [0.1, 0.15) is 5.69 Å². The second-order valence-corrected chi connectivity index (χ2v) is 4.38. The lowest BCUT2D eigenvalue weighted by molar-refractivity contribution is 0.0983. The van der Waals surface area contributed by atoms with E-state index < -0.39 is 0 Å². The summed E-state index contributed by atoms with van der Waals surface area (Å²) in [5, 5.41) is 4.71. The Morgan fingerprint density at radius 2 is 2.11 bits per heavy atom. The molecule has 0 unspecified atom stereocenters. The summed E-state index contributed by atoms with van der Waals surface area (Å²) >= 11 is 0. The Labute approximate surface area is 109 Å². The first-order valence-corrected chi connectivity index (χ1v) is 5.98. The van der Waals surface area contributed by atoms with Gasteiger partial charge in [-0.2, -0.15) is 0 Å². The molecule has 1 aliphatic rings. The van der Waals surface area contributed by atoms with Crippen LogP contribution >= 0.6 is 0 Å². The predicted octanol–water partition coefficient (Wildman–Crippen LogP) is 2.84. The summed E-state index contributed by atoms with van der Waals surface area (Å²) in [5.41, 5.74) is 1.42. The van der Waals surface area contributed by atoms with Crippen molar-refractivity contribution in [3.8, 4) is 0 Å². The Bertz CT molecular complexity index is 682. The topological polar surface area (TPSA) is 59.0 Å². The number of carbonyl (C=O) groups is 1. The zero-order chi connectivity index (χ0) is 13.4. The van der Waals surface area contributed by atoms with Crippen molar-refractivity contribution >= 4 is 28.1 Å². The third kappa shape index (κ3) is 1.62. The van der Waals surface area contributed by atoms with Crippen LogP contribution in [-0.2, 0) is 4.74 Å². The smallest absolute Gasteiger partial charge is 0.261 e. The average Bonchev–Trinajstić information content (AvgIpc) is 2.73. The molecule has 96 valence electrons. The first kappa shape index (κ1) is 11.8. The monoisotopic (exact) mass is 256 g/mol. The third-order valence-electron chi connectivity index (χ3n) is 3.37. The molecule has 1 heterocycles. The quantitative estimate of drug-likeness (QED) is 0.790. The van der Waals surface area contributed by atoms with Crippen LogP contribution in [0.25, 0.3) is 10.8 Å². The fourth-order valence-corrected chi connectivity index (χ4v) is 2.52. The van der Waals surface area contributed by atoms with Crippen LogP contribution in [-0.4, -0.2) is 26.2 Å². The molecular weight excluding hydrogens is 244 g/mol. The van der Waals surface area contributed by atoms with Crippen molar-refractivity contribution in [2.24, 2.45) is 5.18 Å². The van der Waals surface area contributed by atoms with E-state index in [-0.39, 0.29) is 11.6 Å². The van der Waals surface area contributed by atoms with Crippen molar-refractivity contribution < 1.29 is 9.53 Å². The molecule has 0 N–H and O–H groups in total. The molecule has 0 spiro atoms.